The van der Waals surface area contributed by atoms with Crippen LogP contribution in [0.5, 0.6) is 0 Å². The number of hydrogen-bond donors (Lipinski definition) is 1. The molecule has 0 saturated heterocycles. The molecule has 0 fully saturated rings. The SMILES string of the molecule is Cc1c(/C=C/C(=O)O)cnn1-c1ccc(Cl)cc1. The van der Waals surface area contributed by atoms with E-state index in [0.717, 1.165) is 23.0 Å². The maximum Gasteiger partial charge on any atom is 0.328 e. The van der Waals surface area contributed by atoms with Crippen molar-refractivity contribution < 1.29 is 9.90 Å². The van der Waals surface area contributed by atoms with E-state index >= 15 is 0 Å². The van der Waals surface area contributed by atoms with Gasteiger partial charge in [0.1, 0.15) is 0 Å². The zero-order chi connectivity index (χ0) is 13.1. The Morgan fingerprint density at radius 1 is 1.39 bits per heavy atom. The van der Waals surface area contributed by atoms with E-state index in [1.54, 1.807) is 23.0 Å². The summed E-state index contributed by atoms with van der Waals surface area (Å²) in [6.07, 6.45) is 4.25. The number of carboxylic acids is 1. The van der Waals surface area contributed by atoms with Crippen molar-refractivity contribution in [1.82, 2.24) is 9.78 Å². The molecule has 18 heavy (non-hydrogen) atoms. The maximum absolute atomic E-state index is 10.5. The van der Waals surface area contributed by atoms with Gasteiger partial charge in [0, 0.05) is 22.4 Å². The fraction of sp³-hybridized carbons (Fsp3) is 0.0769. The minimum absolute atomic E-state index is 0.662. The highest BCUT2D eigenvalue weighted by Crippen LogP contribution is 2.17. The molecule has 1 aromatic carbocycles. The number of benzene rings is 1. The van der Waals surface area contributed by atoms with E-state index in [1.165, 1.54) is 6.08 Å². The molecule has 0 aliphatic carbocycles. The normalized spacial score (nSPS) is 11.0. The van der Waals surface area contributed by atoms with Gasteiger partial charge in [-0.25, -0.2) is 9.48 Å². The largest absolute Gasteiger partial charge is 0.478 e. The van der Waals surface area contributed by atoms with Crippen LogP contribution in [0.2, 0.25) is 5.02 Å². The van der Waals surface area contributed by atoms with E-state index in [1.807, 2.05) is 19.1 Å². The van der Waals surface area contributed by atoms with Gasteiger partial charge in [-0.1, -0.05) is 11.6 Å². The predicted octanol–water partition coefficient (Wildman–Crippen LogP) is 2.93. The predicted molar refractivity (Wildman–Crippen MR) is 70.0 cm³/mol. The van der Waals surface area contributed by atoms with Crippen molar-refractivity contribution >= 4 is 23.6 Å². The van der Waals surface area contributed by atoms with Gasteiger partial charge in [0.15, 0.2) is 0 Å². The molecule has 2 aromatic rings. The van der Waals surface area contributed by atoms with E-state index < -0.39 is 5.97 Å². The second-order valence-corrected chi connectivity index (χ2v) is 4.18. The molecule has 1 N–H and O–H groups in total. The third-order valence-electron chi connectivity index (χ3n) is 2.52. The van der Waals surface area contributed by atoms with Gasteiger partial charge in [0.05, 0.1) is 11.9 Å². The van der Waals surface area contributed by atoms with E-state index in [2.05, 4.69) is 5.10 Å². The molecule has 0 spiro atoms. The number of halogens is 1. The number of hydrogen-bond acceptors (Lipinski definition) is 2. The lowest BCUT2D eigenvalue weighted by Gasteiger charge is -2.04. The molecule has 5 heteroatoms. The van der Waals surface area contributed by atoms with Crippen LogP contribution >= 0.6 is 11.6 Å². The Morgan fingerprint density at radius 3 is 2.67 bits per heavy atom. The minimum atomic E-state index is -0.978. The van der Waals surface area contributed by atoms with Crippen LogP contribution in [0.15, 0.2) is 36.5 Å². The van der Waals surface area contributed by atoms with Gasteiger partial charge in [-0.2, -0.15) is 5.10 Å². The van der Waals surface area contributed by atoms with Crippen molar-refractivity contribution in [3.05, 3.63) is 52.8 Å². The Labute approximate surface area is 109 Å². The highest BCUT2D eigenvalue weighted by atomic mass is 35.5. The Morgan fingerprint density at radius 2 is 2.06 bits per heavy atom. The van der Waals surface area contributed by atoms with Gasteiger partial charge >= 0.3 is 5.97 Å². The highest BCUT2D eigenvalue weighted by Gasteiger charge is 2.06. The molecule has 0 amide bonds. The topological polar surface area (TPSA) is 55.1 Å². The van der Waals surface area contributed by atoms with Crippen LogP contribution in [0.25, 0.3) is 11.8 Å². The van der Waals surface area contributed by atoms with E-state index in [4.69, 9.17) is 16.7 Å². The first-order chi connectivity index (χ1) is 8.58. The molecule has 0 atom stereocenters. The number of aliphatic carboxylic acids is 1. The van der Waals surface area contributed by atoms with Gasteiger partial charge in [-0.15, -0.1) is 0 Å². The summed E-state index contributed by atoms with van der Waals surface area (Å²) in [6.45, 7) is 1.88. The number of rotatable bonds is 3. The van der Waals surface area contributed by atoms with E-state index in [9.17, 15) is 4.79 Å². The Kier molecular flexibility index (Phi) is 3.48. The first-order valence-corrected chi connectivity index (χ1v) is 5.67. The second kappa shape index (κ2) is 5.06. The standard InChI is InChI=1S/C13H11ClN2O2/c1-9-10(2-7-13(17)18)8-15-16(9)12-5-3-11(14)4-6-12/h2-8H,1H3,(H,17,18)/b7-2+. The summed E-state index contributed by atoms with van der Waals surface area (Å²) in [7, 11) is 0. The maximum atomic E-state index is 10.5. The number of nitrogens with zero attached hydrogens (tertiary/aromatic N) is 2. The van der Waals surface area contributed by atoms with Crippen LogP contribution in [0.1, 0.15) is 11.3 Å². The molecular weight excluding hydrogens is 252 g/mol. The minimum Gasteiger partial charge on any atom is -0.478 e. The molecular formula is C13H11ClN2O2. The van der Waals surface area contributed by atoms with Gasteiger partial charge < -0.3 is 5.11 Å². The summed E-state index contributed by atoms with van der Waals surface area (Å²) in [5, 5.41) is 13.5. The van der Waals surface area contributed by atoms with Crippen LogP contribution < -0.4 is 0 Å². The molecule has 0 unspecified atom stereocenters. The van der Waals surface area contributed by atoms with Crippen molar-refractivity contribution in [2.75, 3.05) is 0 Å². The fourth-order valence-electron chi connectivity index (χ4n) is 1.59. The van der Waals surface area contributed by atoms with Gasteiger partial charge in [0.25, 0.3) is 0 Å². The summed E-state index contributed by atoms with van der Waals surface area (Å²) in [5.41, 5.74) is 2.52. The Bertz CT molecular complexity index is 600. The quantitative estimate of drug-likeness (QED) is 0.866. The lowest BCUT2D eigenvalue weighted by molar-refractivity contribution is -0.131. The van der Waals surface area contributed by atoms with Crippen molar-refractivity contribution in [3.8, 4) is 5.69 Å². The van der Waals surface area contributed by atoms with Crippen LogP contribution in [0, 0.1) is 6.92 Å². The zero-order valence-corrected chi connectivity index (χ0v) is 10.4. The van der Waals surface area contributed by atoms with Gasteiger partial charge in [-0.05, 0) is 37.3 Å². The first-order valence-electron chi connectivity index (χ1n) is 5.29. The Balaban J connectivity index is 2.36. The zero-order valence-electron chi connectivity index (χ0n) is 9.67. The molecule has 2 rings (SSSR count). The van der Waals surface area contributed by atoms with E-state index in [0.29, 0.717) is 5.02 Å². The summed E-state index contributed by atoms with van der Waals surface area (Å²) >= 11 is 5.82. The average Bonchev–Trinajstić information content (AvgIpc) is 2.69. The summed E-state index contributed by atoms with van der Waals surface area (Å²) in [4.78, 5) is 10.5. The smallest absolute Gasteiger partial charge is 0.328 e. The second-order valence-electron chi connectivity index (χ2n) is 3.75. The molecule has 0 saturated carbocycles. The molecule has 0 bridgehead atoms. The van der Waals surface area contributed by atoms with Crippen molar-refractivity contribution in [2.45, 2.75) is 6.92 Å². The molecule has 4 nitrogen and oxygen atoms in total. The number of carbonyl (C=O) groups is 1. The van der Waals surface area contributed by atoms with Crippen molar-refractivity contribution in [2.24, 2.45) is 0 Å². The number of aromatic nitrogens is 2. The lowest BCUT2D eigenvalue weighted by Crippen LogP contribution is -1.98. The van der Waals surface area contributed by atoms with Crippen LogP contribution in [-0.4, -0.2) is 20.9 Å². The summed E-state index contributed by atoms with van der Waals surface area (Å²) < 4.78 is 1.73. The molecule has 1 aromatic heterocycles. The highest BCUT2D eigenvalue weighted by molar-refractivity contribution is 6.30. The first kappa shape index (κ1) is 12.4. The fourth-order valence-corrected chi connectivity index (χ4v) is 1.72. The summed E-state index contributed by atoms with van der Waals surface area (Å²) in [5.74, 6) is -0.978. The number of carboxylic acid groups (broad SMARTS) is 1. The van der Waals surface area contributed by atoms with Crippen molar-refractivity contribution in [1.29, 1.82) is 0 Å². The summed E-state index contributed by atoms with van der Waals surface area (Å²) in [6, 6.07) is 7.27. The monoisotopic (exact) mass is 262 g/mol. The van der Waals surface area contributed by atoms with Crippen molar-refractivity contribution in [3.63, 3.8) is 0 Å². The van der Waals surface area contributed by atoms with Gasteiger partial charge in [-0.3, -0.25) is 0 Å². The van der Waals surface area contributed by atoms with Crippen LogP contribution in [-0.2, 0) is 4.79 Å². The third kappa shape index (κ3) is 2.60. The molecule has 0 aliphatic heterocycles. The van der Waals surface area contributed by atoms with Crippen LogP contribution in [0.4, 0.5) is 0 Å². The lowest BCUT2D eigenvalue weighted by atomic mass is 10.2. The van der Waals surface area contributed by atoms with Crippen LogP contribution in [0.3, 0.4) is 0 Å². The van der Waals surface area contributed by atoms with Gasteiger partial charge in [0.2, 0.25) is 0 Å². The average molecular weight is 263 g/mol. The molecule has 1 heterocycles. The molecule has 0 radical (unpaired) electrons. The Hall–Kier alpha value is -2.07. The molecule has 92 valence electrons. The third-order valence-corrected chi connectivity index (χ3v) is 2.78. The van der Waals surface area contributed by atoms with E-state index in [-0.39, 0.29) is 0 Å². The molecule has 0 aliphatic rings.